The number of aromatic nitrogens is 1. The van der Waals surface area contributed by atoms with Crippen LogP contribution in [0.4, 0.5) is 5.69 Å². The van der Waals surface area contributed by atoms with E-state index < -0.39 is 0 Å². The molecule has 120 valence electrons. The summed E-state index contributed by atoms with van der Waals surface area (Å²) in [5.74, 6) is 0. The summed E-state index contributed by atoms with van der Waals surface area (Å²) in [5.41, 5.74) is 4.97. The summed E-state index contributed by atoms with van der Waals surface area (Å²) in [7, 11) is 2.15. The maximum absolute atomic E-state index is 2.35. The molecule has 4 rings (SSSR count). The van der Waals surface area contributed by atoms with E-state index in [9.17, 15) is 0 Å². The molecule has 0 saturated carbocycles. The second kappa shape index (κ2) is 5.72. The van der Waals surface area contributed by atoms with Crippen LogP contribution < -0.4 is 4.90 Å². The fourth-order valence-electron chi connectivity index (χ4n) is 3.33. The summed E-state index contributed by atoms with van der Waals surface area (Å²) in [6.45, 7) is 4.44. The molecule has 0 aliphatic heterocycles. The van der Waals surface area contributed by atoms with Crippen molar-refractivity contribution < 1.29 is 0 Å². The second-order valence-corrected chi connectivity index (χ2v) is 6.59. The number of hydrogen-bond acceptors (Lipinski definition) is 1. The van der Waals surface area contributed by atoms with Crippen LogP contribution >= 0.6 is 0 Å². The highest BCUT2D eigenvalue weighted by molar-refractivity contribution is 6.10. The minimum Gasteiger partial charge on any atom is -0.372 e. The number of para-hydroxylation sites is 2. The molecule has 0 amide bonds. The highest BCUT2D eigenvalue weighted by Gasteiger charge is 2.13. The maximum atomic E-state index is 2.35. The molecule has 2 heteroatoms. The molecule has 0 aliphatic carbocycles. The first kappa shape index (κ1) is 14.8. The first-order valence-electron chi connectivity index (χ1n) is 8.48. The van der Waals surface area contributed by atoms with E-state index in [0.717, 1.165) is 0 Å². The maximum Gasteiger partial charge on any atom is 0.0542 e. The van der Waals surface area contributed by atoms with E-state index in [1.165, 1.54) is 33.2 Å². The SMILES string of the molecule is CC(C)N(C)c1ccc2c(c1)c1ccccc1n2-c1ccccc1. The number of nitrogens with zero attached hydrogens (tertiary/aromatic N) is 2. The minimum absolute atomic E-state index is 0.477. The molecule has 0 aliphatic rings. The Labute approximate surface area is 142 Å². The van der Waals surface area contributed by atoms with Crippen molar-refractivity contribution in [1.82, 2.24) is 4.57 Å². The van der Waals surface area contributed by atoms with E-state index in [2.05, 4.69) is 103 Å². The van der Waals surface area contributed by atoms with Crippen molar-refractivity contribution >= 4 is 27.5 Å². The van der Waals surface area contributed by atoms with Gasteiger partial charge in [-0.3, -0.25) is 0 Å². The Hall–Kier alpha value is -2.74. The summed E-state index contributed by atoms with van der Waals surface area (Å²) in [4.78, 5) is 2.31. The number of fused-ring (bicyclic) bond motifs is 3. The fourth-order valence-corrected chi connectivity index (χ4v) is 3.33. The van der Waals surface area contributed by atoms with Gasteiger partial charge in [-0.1, -0.05) is 36.4 Å². The van der Waals surface area contributed by atoms with Crippen LogP contribution in [0.3, 0.4) is 0 Å². The van der Waals surface area contributed by atoms with Crippen LogP contribution in [0.1, 0.15) is 13.8 Å². The van der Waals surface area contributed by atoms with Crippen molar-refractivity contribution in [2.45, 2.75) is 19.9 Å². The minimum atomic E-state index is 0.477. The Bertz CT molecular complexity index is 997. The van der Waals surface area contributed by atoms with Gasteiger partial charge in [-0.05, 0) is 50.2 Å². The van der Waals surface area contributed by atoms with Gasteiger partial charge in [0.15, 0.2) is 0 Å². The third-order valence-corrected chi connectivity index (χ3v) is 4.85. The van der Waals surface area contributed by atoms with E-state index in [-0.39, 0.29) is 0 Å². The lowest BCUT2D eigenvalue weighted by Gasteiger charge is -2.24. The number of benzene rings is 3. The van der Waals surface area contributed by atoms with Crippen molar-refractivity contribution in [3.63, 3.8) is 0 Å². The smallest absolute Gasteiger partial charge is 0.0542 e. The van der Waals surface area contributed by atoms with Gasteiger partial charge in [0.25, 0.3) is 0 Å². The van der Waals surface area contributed by atoms with E-state index in [1.54, 1.807) is 0 Å². The van der Waals surface area contributed by atoms with Gasteiger partial charge in [0.05, 0.1) is 11.0 Å². The predicted octanol–water partition coefficient (Wildman–Crippen LogP) is 5.63. The molecular weight excluding hydrogens is 292 g/mol. The van der Waals surface area contributed by atoms with Gasteiger partial charge in [0, 0.05) is 35.2 Å². The highest BCUT2D eigenvalue weighted by Crippen LogP contribution is 2.34. The van der Waals surface area contributed by atoms with Crippen LogP contribution in [0.2, 0.25) is 0 Å². The van der Waals surface area contributed by atoms with Crippen LogP contribution in [0.25, 0.3) is 27.5 Å². The molecular formula is C22H22N2. The fraction of sp³-hybridized carbons (Fsp3) is 0.182. The molecule has 0 spiro atoms. The van der Waals surface area contributed by atoms with Crippen molar-refractivity contribution in [2.75, 3.05) is 11.9 Å². The van der Waals surface area contributed by atoms with Crippen molar-refractivity contribution in [3.05, 3.63) is 72.8 Å². The second-order valence-electron chi connectivity index (χ2n) is 6.59. The largest absolute Gasteiger partial charge is 0.372 e. The van der Waals surface area contributed by atoms with Gasteiger partial charge in [-0.25, -0.2) is 0 Å². The standard InChI is InChI=1S/C22H22N2/c1-16(2)23(3)18-13-14-22-20(15-18)19-11-7-8-12-21(19)24(22)17-9-5-4-6-10-17/h4-16H,1-3H3. The molecule has 1 aromatic heterocycles. The van der Waals surface area contributed by atoms with Crippen LogP contribution in [0, 0.1) is 0 Å². The summed E-state index contributed by atoms with van der Waals surface area (Å²) in [6, 6.07) is 26.5. The summed E-state index contributed by atoms with van der Waals surface area (Å²) < 4.78 is 2.35. The molecule has 4 aromatic rings. The van der Waals surface area contributed by atoms with Gasteiger partial charge in [-0.2, -0.15) is 0 Å². The highest BCUT2D eigenvalue weighted by atomic mass is 15.1. The van der Waals surface area contributed by atoms with Gasteiger partial charge in [0.1, 0.15) is 0 Å². The summed E-state index contributed by atoms with van der Waals surface area (Å²) in [6.07, 6.45) is 0. The summed E-state index contributed by atoms with van der Waals surface area (Å²) in [5, 5.41) is 2.61. The average Bonchev–Trinajstić information content (AvgIpc) is 2.95. The topological polar surface area (TPSA) is 8.17 Å². The molecule has 0 radical (unpaired) electrons. The third-order valence-electron chi connectivity index (χ3n) is 4.85. The molecule has 24 heavy (non-hydrogen) atoms. The monoisotopic (exact) mass is 314 g/mol. The molecule has 0 bridgehead atoms. The quantitative estimate of drug-likeness (QED) is 0.476. The lowest BCUT2D eigenvalue weighted by Crippen LogP contribution is -2.25. The zero-order valence-electron chi connectivity index (χ0n) is 14.4. The van der Waals surface area contributed by atoms with Crippen molar-refractivity contribution in [2.24, 2.45) is 0 Å². The van der Waals surface area contributed by atoms with Gasteiger partial charge >= 0.3 is 0 Å². The van der Waals surface area contributed by atoms with Crippen LogP contribution in [0.15, 0.2) is 72.8 Å². The zero-order chi connectivity index (χ0) is 16.7. The first-order valence-corrected chi connectivity index (χ1v) is 8.48. The average molecular weight is 314 g/mol. The Morgan fingerprint density at radius 2 is 1.42 bits per heavy atom. The van der Waals surface area contributed by atoms with Gasteiger partial charge < -0.3 is 9.47 Å². The van der Waals surface area contributed by atoms with Crippen LogP contribution in [0.5, 0.6) is 0 Å². The first-order chi connectivity index (χ1) is 11.7. The Kier molecular flexibility index (Phi) is 3.53. The lowest BCUT2D eigenvalue weighted by molar-refractivity contribution is 0.755. The lowest BCUT2D eigenvalue weighted by atomic mass is 10.1. The molecule has 0 unspecified atom stereocenters. The molecule has 0 saturated heterocycles. The molecule has 0 N–H and O–H groups in total. The number of rotatable bonds is 3. The normalized spacial score (nSPS) is 11.5. The zero-order valence-corrected chi connectivity index (χ0v) is 14.4. The van der Waals surface area contributed by atoms with Crippen molar-refractivity contribution in [1.29, 1.82) is 0 Å². The molecule has 2 nitrogen and oxygen atoms in total. The molecule has 0 atom stereocenters. The van der Waals surface area contributed by atoms with E-state index >= 15 is 0 Å². The number of hydrogen-bond donors (Lipinski definition) is 0. The van der Waals surface area contributed by atoms with E-state index in [1.807, 2.05) is 0 Å². The van der Waals surface area contributed by atoms with Crippen LogP contribution in [-0.2, 0) is 0 Å². The Morgan fingerprint density at radius 1 is 0.750 bits per heavy atom. The van der Waals surface area contributed by atoms with Gasteiger partial charge in [0.2, 0.25) is 0 Å². The molecule has 0 fully saturated rings. The van der Waals surface area contributed by atoms with E-state index in [4.69, 9.17) is 0 Å². The number of anilines is 1. The third kappa shape index (κ3) is 2.26. The molecule has 3 aromatic carbocycles. The Morgan fingerprint density at radius 3 is 2.17 bits per heavy atom. The Balaban J connectivity index is 2.05. The van der Waals surface area contributed by atoms with Crippen LogP contribution in [-0.4, -0.2) is 17.7 Å². The van der Waals surface area contributed by atoms with Crippen molar-refractivity contribution in [3.8, 4) is 5.69 Å². The summed E-state index contributed by atoms with van der Waals surface area (Å²) >= 11 is 0. The molecule has 1 heterocycles. The van der Waals surface area contributed by atoms with E-state index in [0.29, 0.717) is 6.04 Å². The predicted molar refractivity (Wildman–Crippen MR) is 104 cm³/mol. The van der Waals surface area contributed by atoms with Gasteiger partial charge in [-0.15, -0.1) is 0 Å².